The third kappa shape index (κ3) is 6.53. The van der Waals surface area contributed by atoms with E-state index in [0.717, 1.165) is 61.2 Å². The highest BCUT2D eigenvalue weighted by Crippen LogP contribution is 2.40. The second-order valence-electron chi connectivity index (χ2n) is 14.8. The summed E-state index contributed by atoms with van der Waals surface area (Å²) in [5, 5.41) is 2.06. The Morgan fingerprint density at radius 3 is 1.36 bits per heavy atom. The van der Waals surface area contributed by atoms with Crippen molar-refractivity contribution in [2.45, 2.75) is 0 Å². The molecule has 0 fully saturated rings. The zero-order chi connectivity index (χ0) is 39.1. The Bertz CT molecular complexity index is 3220. The predicted octanol–water partition coefficient (Wildman–Crippen LogP) is 15.5. The van der Waals surface area contributed by atoms with E-state index in [1.165, 1.54) is 33.4 Å². The minimum atomic E-state index is 0.601. The first kappa shape index (κ1) is 34.3. The Labute approximate surface area is 341 Å². The highest BCUT2D eigenvalue weighted by Gasteiger charge is 2.17. The summed E-state index contributed by atoms with van der Waals surface area (Å²) >= 11 is 0. The molecule has 2 heterocycles. The quantitative estimate of drug-likeness (QED) is 0.155. The number of benzene rings is 9. The molecule has 9 aromatic carbocycles. The molecule has 4 heteroatoms. The van der Waals surface area contributed by atoms with Crippen molar-refractivity contribution in [2.24, 2.45) is 0 Å². The van der Waals surface area contributed by atoms with Gasteiger partial charge in [-0.05, 0) is 111 Å². The van der Waals surface area contributed by atoms with Crippen molar-refractivity contribution in [1.82, 2.24) is 4.98 Å². The number of oxazole rings is 1. The first-order valence-corrected chi connectivity index (χ1v) is 19.8. The number of rotatable bonds is 8. The number of anilines is 3. The molecule has 11 rings (SSSR count). The molecule has 0 saturated heterocycles. The van der Waals surface area contributed by atoms with Gasteiger partial charge in [-0.3, -0.25) is 0 Å². The van der Waals surface area contributed by atoms with Gasteiger partial charge in [-0.1, -0.05) is 146 Å². The Balaban J connectivity index is 0.939. The standard InChI is InChI=1S/C55H36N2O2/c1-4-11-37(12-5-1)39-19-21-40(22-20-39)41-23-28-46(29-24-41)57(48-18-10-17-44(33-48)38-13-6-2-7-14-38)47-30-25-42(26-31-47)45-27-32-52-49(34-45)50-35-51-54(36-53(50)58-52)59-55(56-51)43-15-8-3-9-16-43/h1-36H. The van der Waals surface area contributed by atoms with E-state index in [-0.39, 0.29) is 0 Å². The first-order chi connectivity index (χ1) is 29.2. The molecule has 0 aliphatic carbocycles. The minimum Gasteiger partial charge on any atom is -0.456 e. The van der Waals surface area contributed by atoms with Gasteiger partial charge < -0.3 is 13.7 Å². The van der Waals surface area contributed by atoms with Gasteiger partial charge in [0.15, 0.2) is 5.58 Å². The van der Waals surface area contributed by atoms with Crippen LogP contribution in [0.3, 0.4) is 0 Å². The van der Waals surface area contributed by atoms with E-state index >= 15 is 0 Å². The van der Waals surface area contributed by atoms with E-state index in [1.54, 1.807) is 0 Å². The summed E-state index contributed by atoms with van der Waals surface area (Å²) in [4.78, 5) is 7.15. The van der Waals surface area contributed by atoms with Crippen molar-refractivity contribution in [1.29, 1.82) is 0 Å². The van der Waals surface area contributed by atoms with Crippen LogP contribution in [0, 0.1) is 0 Å². The number of furan rings is 1. The number of hydrogen-bond donors (Lipinski definition) is 0. The number of hydrogen-bond acceptors (Lipinski definition) is 4. The Morgan fingerprint density at radius 1 is 0.288 bits per heavy atom. The van der Waals surface area contributed by atoms with Crippen LogP contribution < -0.4 is 4.90 Å². The van der Waals surface area contributed by atoms with Crippen molar-refractivity contribution >= 4 is 50.1 Å². The Morgan fingerprint density at radius 2 is 0.746 bits per heavy atom. The van der Waals surface area contributed by atoms with Crippen LogP contribution in [0.2, 0.25) is 0 Å². The maximum atomic E-state index is 6.32. The fraction of sp³-hybridized carbons (Fsp3) is 0. The molecule has 0 spiro atoms. The predicted molar refractivity (Wildman–Crippen MR) is 243 cm³/mol. The largest absolute Gasteiger partial charge is 0.456 e. The van der Waals surface area contributed by atoms with E-state index in [9.17, 15) is 0 Å². The second kappa shape index (κ2) is 14.5. The molecule has 11 aromatic rings. The number of aromatic nitrogens is 1. The molecule has 0 unspecified atom stereocenters. The zero-order valence-electron chi connectivity index (χ0n) is 32.0. The van der Waals surface area contributed by atoms with Gasteiger partial charge in [-0.15, -0.1) is 0 Å². The van der Waals surface area contributed by atoms with E-state index in [2.05, 4.69) is 187 Å². The van der Waals surface area contributed by atoms with Gasteiger partial charge in [0.2, 0.25) is 5.89 Å². The normalized spacial score (nSPS) is 11.4. The van der Waals surface area contributed by atoms with Crippen LogP contribution >= 0.6 is 0 Å². The summed E-state index contributed by atoms with van der Waals surface area (Å²) < 4.78 is 12.5. The van der Waals surface area contributed by atoms with Gasteiger partial charge in [0, 0.05) is 39.5 Å². The molecule has 0 radical (unpaired) electrons. The van der Waals surface area contributed by atoms with Gasteiger partial charge in [-0.2, -0.15) is 0 Å². The molecule has 59 heavy (non-hydrogen) atoms. The molecule has 0 aliphatic rings. The summed E-state index contributed by atoms with van der Waals surface area (Å²) in [7, 11) is 0. The van der Waals surface area contributed by atoms with Gasteiger partial charge >= 0.3 is 0 Å². The van der Waals surface area contributed by atoms with E-state index in [4.69, 9.17) is 13.8 Å². The molecule has 278 valence electrons. The van der Waals surface area contributed by atoms with Crippen LogP contribution in [0.4, 0.5) is 17.1 Å². The molecular formula is C55H36N2O2. The summed E-state index contributed by atoms with van der Waals surface area (Å²) in [5.41, 5.74) is 16.6. The maximum absolute atomic E-state index is 6.32. The SMILES string of the molecule is c1ccc(-c2ccc(-c3ccc(N(c4ccc(-c5ccc6oc7cc8oc(-c9ccccc9)nc8cc7c6c5)cc4)c4cccc(-c5ccccc5)c4)cc3)cc2)cc1. The minimum absolute atomic E-state index is 0.601. The summed E-state index contributed by atoms with van der Waals surface area (Å²) in [6.07, 6.45) is 0. The van der Waals surface area contributed by atoms with Gasteiger partial charge in [0.25, 0.3) is 0 Å². The molecule has 0 amide bonds. The molecule has 0 aliphatic heterocycles. The smallest absolute Gasteiger partial charge is 0.227 e. The molecule has 0 bridgehead atoms. The van der Waals surface area contributed by atoms with Crippen molar-refractivity contribution in [3.63, 3.8) is 0 Å². The average Bonchev–Trinajstić information content (AvgIpc) is 3.90. The van der Waals surface area contributed by atoms with Crippen molar-refractivity contribution in [3.8, 4) is 56.0 Å². The lowest BCUT2D eigenvalue weighted by atomic mass is 9.99. The first-order valence-electron chi connectivity index (χ1n) is 19.8. The molecule has 0 saturated carbocycles. The zero-order valence-corrected chi connectivity index (χ0v) is 32.0. The van der Waals surface area contributed by atoms with Crippen LogP contribution in [0.15, 0.2) is 227 Å². The van der Waals surface area contributed by atoms with E-state index in [0.29, 0.717) is 11.5 Å². The fourth-order valence-electron chi connectivity index (χ4n) is 8.08. The van der Waals surface area contributed by atoms with Crippen LogP contribution in [0.1, 0.15) is 0 Å². The third-order valence-electron chi connectivity index (χ3n) is 11.1. The summed E-state index contributed by atoms with van der Waals surface area (Å²) in [6.45, 7) is 0. The van der Waals surface area contributed by atoms with Crippen molar-refractivity contribution in [3.05, 3.63) is 218 Å². The van der Waals surface area contributed by atoms with Gasteiger partial charge in [0.1, 0.15) is 16.7 Å². The maximum Gasteiger partial charge on any atom is 0.227 e. The molecule has 4 nitrogen and oxygen atoms in total. The van der Waals surface area contributed by atoms with Gasteiger partial charge in [0.05, 0.1) is 0 Å². The monoisotopic (exact) mass is 756 g/mol. The lowest BCUT2D eigenvalue weighted by Crippen LogP contribution is -2.10. The van der Waals surface area contributed by atoms with Crippen molar-refractivity contribution in [2.75, 3.05) is 4.90 Å². The lowest BCUT2D eigenvalue weighted by Gasteiger charge is -2.26. The highest BCUT2D eigenvalue weighted by molar-refractivity contribution is 6.10. The Kier molecular flexibility index (Phi) is 8.45. The summed E-state index contributed by atoms with van der Waals surface area (Å²) in [5.74, 6) is 0.601. The van der Waals surface area contributed by atoms with E-state index < -0.39 is 0 Å². The average molecular weight is 757 g/mol. The lowest BCUT2D eigenvalue weighted by molar-refractivity contribution is 0.617. The highest BCUT2D eigenvalue weighted by atomic mass is 16.4. The van der Waals surface area contributed by atoms with Crippen LogP contribution in [-0.2, 0) is 0 Å². The number of fused-ring (bicyclic) bond motifs is 4. The molecular weight excluding hydrogens is 721 g/mol. The fourth-order valence-corrected chi connectivity index (χ4v) is 8.08. The molecule has 0 atom stereocenters. The molecule has 0 N–H and O–H groups in total. The molecule has 2 aromatic heterocycles. The van der Waals surface area contributed by atoms with Crippen LogP contribution in [0.5, 0.6) is 0 Å². The third-order valence-corrected chi connectivity index (χ3v) is 11.1. The summed E-state index contributed by atoms with van der Waals surface area (Å²) in [6, 6.07) is 76.7. The van der Waals surface area contributed by atoms with Crippen molar-refractivity contribution < 1.29 is 8.83 Å². The Hall–Kier alpha value is -7.95. The van der Waals surface area contributed by atoms with Crippen LogP contribution in [-0.4, -0.2) is 4.98 Å². The number of nitrogens with zero attached hydrogens (tertiary/aromatic N) is 2. The van der Waals surface area contributed by atoms with Gasteiger partial charge in [-0.25, -0.2) is 4.98 Å². The van der Waals surface area contributed by atoms with E-state index in [1.807, 2.05) is 36.4 Å². The topological polar surface area (TPSA) is 42.4 Å². The van der Waals surface area contributed by atoms with Crippen LogP contribution in [0.25, 0.3) is 89.0 Å². The second-order valence-corrected chi connectivity index (χ2v) is 14.8.